The molecule has 1 atom stereocenters. The van der Waals surface area contributed by atoms with E-state index < -0.39 is 9.84 Å². The van der Waals surface area contributed by atoms with Gasteiger partial charge in [-0.15, -0.1) is 0 Å². The summed E-state index contributed by atoms with van der Waals surface area (Å²) in [4.78, 5) is 2.43. The molecule has 0 radical (unpaired) electrons. The second-order valence-electron chi connectivity index (χ2n) is 6.11. The Hall–Kier alpha value is -0.130. The highest BCUT2D eigenvalue weighted by Crippen LogP contribution is 2.25. The van der Waals surface area contributed by atoms with Crippen LogP contribution in [-0.4, -0.2) is 57.5 Å². The lowest BCUT2D eigenvalue weighted by Crippen LogP contribution is -2.56. The van der Waals surface area contributed by atoms with Crippen molar-refractivity contribution in [2.75, 3.05) is 38.2 Å². The van der Waals surface area contributed by atoms with Gasteiger partial charge in [0.15, 0.2) is 0 Å². The lowest BCUT2D eigenvalue weighted by atomic mass is 9.84. The summed E-state index contributed by atoms with van der Waals surface area (Å²) in [5, 5.41) is 3.42. The van der Waals surface area contributed by atoms with Crippen LogP contribution in [0.15, 0.2) is 0 Å². The maximum Gasteiger partial charge on any atom is 0.147 e. The summed E-state index contributed by atoms with van der Waals surface area (Å²) in [5.74, 6) is 0.299. The highest BCUT2D eigenvalue weighted by molar-refractivity contribution is 7.90. The number of hydrogen-bond acceptors (Lipinski definition) is 4. The van der Waals surface area contributed by atoms with Crippen LogP contribution >= 0.6 is 0 Å². The van der Waals surface area contributed by atoms with E-state index in [-0.39, 0.29) is 5.41 Å². The van der Waals surface area contributed by atoms with Gasteiger partial charge in [-0.3, -0.25) is 4.90 Å². The predicted octanol–water partition coefficient (Wildman–Crippen LogP) is 0.741. The van der Waals surface area contributed by atoms with E-state index in [1.807, 2.05) is 0 Å². The lowest BCUT2D eigenvalue weighted by molar-refractivity contribution is 0.0758. The number of piperazine rings is 1. The van der Waals surface area contributed by atoms with Crippen molar-refractivity contribution in [3.8, 4) is 0 Å². The Morgan fingerprint density at radius 1 is 1.35 bits per heavy atom. The summed E-state index contributed by atoms with van der Waals surface area (Å²) >= 11 is 0. The molecule has 1 unspecified atom stereocenters. The molecule has 0 amide bonds. The third kappa shape index (κ3) is 5.36. The van der Waals surface area contributed by atoms with E-state index in [0.717, 1.165) is 32.6 Å². The van der Waals surface area contributed by atoms with E-state index in [4.69, 9.17) is 0 Å². The Bertz CT molecular complexity index is 333. The SMILES string of the molecule is CC(C)(C)C1CNCCN1CCCS(C)(=O)=O. The Morgan fingerprint density at radius 2 is 2.00 bits per heavy atom. The molecule has 17 heavy (non-hydrogen) atoms. The Balaban J connectivity index is 2.49. The van der Waals surface area contributed by atoms with E-state index in [0.29, 0.717) is 11.8 Å². The van der Waals surface area contributed by atoms with Crippen molar-refractivity contribution in [2.24, 2.45) is 5.41 Å². The van der Waals surface area contributed by atoms with Crippen LogP contribution in [0.1, 0.15) is 27.2 Å². The first-order valence-electron chi connectivity index (χ1n) is 6.32. The van der Waals surface area contributed by atoms with Gasteiger partial charge in [0.1, 0.15) is 9.84 Å². The summed E-state index contributed by atoms with van der Waals surface area (Å²) in [6.07, 6.45) is 2.05. The molecule has 1 rings (SSSR count). The first kappa shape index (κ1) is 14.9. The average molecular weight is 262 g/mol. The zero-order valence-electron chi connectivity index (χ0n) is 11.5. The van der Waals surface area contributed by atoms with Crippen LogP contribution < -0.4 is 5.32 Å². The highest BCUT2D eigenvalue weighted by Gasteiger charge is 2.31. The van der Waals surface area contributed by atoms with Gasteiger partial charge in [0.05, 0.1) is 5.75 Å². The zero-order valence-corrected chi connectivity index (χ0v) is 12.3. The van der Waals surface area contributed by atoms with Gasteiger partial charge in [-0.2, -0.15) is 0 Å². The van der Waals surface area contributed by atoms with Crippen molar-refractivity contribution in [3.63, 3.8) is 0 Å². The van der Waals surface area contributed by atoms with E-state index in [9.17, 15) is 8.42 Å². The molecule has 1 heterocycles. The first-order chi connectivity index (χ1) is 7.70. The number of hydrogen-bond donors (Lipinski definition) is 1. The summed E-state index contributed by atoms with van der Waals surface area (Å²) in [5.41, 5.74) is 0.235. The normalized spacial score (nSPS) is 23.9. The molecule has 0 spiro atoms. The number of nitrogens with zero attached hydrogens (tertiary/aromatic N) is 1. The summed E-state index contributed by atoms with van der Waals surface area (Å²) in [6.45, 7) is 10.6. The van der Waals surface area contributed by atoms with E-state index >= 15 is 0 Å². The monoisotopic (exact) mass is 262 g/mol. The van der Waals surface area contributed by atoms with Crippen LogP contribution in [0.4, 0.5) is 0 Å². The number of rotatable bonds is 4. The molecule has 5 heteroatoms. The minimum Gasteiger partial charge on any atom is -0.314 e. The van der Waals surface area contributed by atoms with Crippen LogP contribution in [0.5, 0.6) is 0 Å². The van der Waals surface area contributed by atoms with Crippen molar-refractivity contribution < 1.29 is 8.42 Å². The Kier molecular flexibility index (Phi) is 4.98. The third-order valence-electron chi connectivity index (χ3n) is 3.31. The first-order valence-corrected chi connectivity index (χ1v) is 8.39. The second-order valence-corrected chi connectivity index (χ2v) is 8.37. The highest BCUT2D eigenvalue weighted by atomic mass is 32.2. The minimum absolute atomic E-state index is 0.235. The summed E-state index contributed by atoms with van der Waals surface area (Å²) in [7, 11) is -2.82. The molecule has 102 valence electrons. The van der Waals surface area contributed by atoms with Crippen LogP contribution in [-0.2, 0) is 9.84 Å². The topological polar surface area (TPSA) is 49.4 Å². The molecule has 4 nitrogen and oxygen atoms in total. The molecule has 0 aliphatic carbocycles. The van der Waals surface area contributed by atoms with Crippen molar-refractivity contribution >= 4 is 9.84 Å². The van der Waals surface area contributed by atoms with Gasteiger partial charge >= 0.3 is 0 Å². The van der Waals surface area contributed by atoms with Gasteiger partial charge in [0.2, 0.25) is 0 Å². The fourth-order valence-corrected chi connectivity index (χ4v) is 3.05. The molecule has 0 saturated carbocycles. The second kappa shape index (κ2) is 5.67. The van der Waals surface area contributed by atoms with Gasteiger partial charge in [0.25, 0.3) is 0 Å². The number of nitrogens with one attached hydrogen (secondary N) is 1. The molecule has 0 aromatic carbocycles. The molecule has 0 aromatic rings. The molecule has 0 bridgehead atoms. The van der Waals surface area contributed by atoms with Crippen molar-refractivity contribution in [2.45, 2.75) is 33.2 Å². The fourth-order valence-electron chi connectivity index (χ4n) is 2.40. The van der Waals surface area contributed by atoms with Gasteiger partial charge < -0.3 is 5.32 Å². The summed E-state index contributed by atoms with van der Waals surface area (Å²) in [6, 6.07) is 0.496. The van der Waals surface area contributed by atoms with Crippen LogP contribution in [0.3, 0.4) is 0 Å². The third-order valence-corrected chi connectivity index (χ3v) is 4.34. The van der Waals surface area contributed by atoms with Gasteiger partial charge in [-0.05, 0) is 18.4 Å². The van der Waals surface area contributed by atoms with Crippen LogP contribution in [0.25, 0.3) is 0 Å². The quantitative estimate of drug-likeness (QED) is 0.812. The van der Waals surface area contributed by atoms with Gasteiger partial charge in [0, 0.05) is 31.9 Å². The van der Waals surface area contributed by atoms with Gasteiger partial charge in [-0.1, -0.05) is 20.8 Å². The molecule has 1 fully saturated rings. The average Bonchev–Trinajstić information content (AvgIpc) is 2.15. The Morgan fingerprint density at radius 3 is 2.53 bits per heavy atom. The molecule has 1 saturated heterocycles. The van der Waals surface area contributed by atoms with Crippen molar-refractivity contribution in [1.82, 2.24) is 10.2 Å². The molecule has 1 aliphatic heterocycles. The fraction of sp³-hybridized carbons (Fsp3) is 1.00. The largest absolute Gasteiger partial charge is 0.314 e. The maximum absolute atomic E-state index is 11.1. The summed E-state index contributed by atoms with van der Waals surface area (Å²) < 4.78 is 22.2. The minimum atomic E-state index is -2.82. The van der Waals surface area contributed by atoms with Crippen LogP contribution in [0.2, 0.25) is 0 Å². The predicted molar refractivity (Wildman–Crippen MR) is 72.0 cm³/mol. The molecular formula is C12H26N2O2S. The lowest BCUT2D eigenvalue weighted by Gasteiger charge is -2.43. The van der Waals surface area contributed by atoms with Gasteiger partial charge in [-0.25, -0.2) is 8.42 Å². The molecule has 0 aromatic heterocycles. The number of sulfone groups is 1. The van der Waals surface area contributed by atoms with E-state index in [2.05, 4.69) is 31.0 Å². The molecule has 1 N–H and O–H groups in total. The van der Waals surface area contributed by atoms with Crippen LogP contribution in [0, 0.1) is 5.41 Å². The van der Waals surface area contributed by atoms with E-state index in [1.54, 1.807) is 0 Å². The molecule has 1 aliphatic rings. The smallest absolute Gasteiger partial charge is 0.147 e. The van der Waals surface area contributed by atoms with Crippen molar-refractivity contribution in [1.29, 1.82) is 0 Å². The standard InChI is InChI=1S/C12H26N2O2S/c1-12(2,3)11-10-13-6-8-14(11)7-5-9-17(4,15)16/h11,13H,5-10H2,1-4H3. The van der Waals surface area contributed by atoms with Crippen molar-refractivity contribution in [3.05, 3.63) is 0 Å². The maximum atomic E-state index is 11.1. The zero-order chi connectivity index (χ0) is 13.1. The Labute approximate surface area is 106 Å². The van der Waals surface area contributed by atoms with E-state index in [1.165, 1.54) is 6.26 Å². The molecular weight excluding hydrogens is 236 g/mol.